The number of amides is 1. The van der Waals surface area contributed by atoms with Gasteiger partial charge in [-0.05, 0) is 31.4 Å². The number of carbonyl (C=O) groups excluding carboxylic acids is 1. The van der Waals surface area contributed by atoms with Gasteiger partial charge < -0.3 is 15.5 Å². The second-order valence-electron chi connectivity index (χ2n) is 5.42. The summed E-state index contributed by atoms with van der Waals surface area (Å²) in [5.41, 5.74) is 6.34. The van der Waals surface area contributed by atoms with Crippen LogP contribution in [-0.2, 0) is 4.79 Å². The van der Waals surface area contributed by atoms with E-state index >= 15 is 0 Å². The first kappa shape index (κ1) is 14.6. The van der Waals surface area contributed by atoms with Gasteiger partial charge in [-0.25, -0.2) is 4.98 Å². The number of nitrogens with two attached hydrogens (primary N) is 1. The molecular weight excluding hydrogens is 252 g/mol. The Balaban J connectivity index is 1.89. The maximum absolute atomic E-state index is 11.9. The van der Waals surface area contributed by atoms with Crippen molar-refractivity contribution in [2.45, 2.75) is 38.6 Å². The fourth-order valence-corrected chi connectivity index (χ4v) is 2.66. The summed E-state index contributed by atoms with van der Waals surface area (Å²) < 4.78 is 0. The smallest absolute Gasteiger partial charge is 0.222 e. The van der Waals surface area contributed by atoms with E-state index < -0.39 is 0 Å². The lowest BCUT2D eigenvalue weighted by Gasteiger charge is -2.37. The summed E-state index contributed by atoms with van der Waals surface area (Å²) in [5.74, 6) is 1.23. The lowest BCUT2D eigenvalue weighted by Crippen LogP contribution is -2.45. The van der Waals surface area contributed by atoms with Gasteiger partial charge in [-0.2, -0.15) is 0 Å². The van der Waals surface area contributed by atoms with Gasteiger partial charge in [0.05, 0.1) is 11.9 Å². The maximum Gasteiger partial charge on any atom is 0.222 e. The van der Waals surface area contributed by atoms with E-state index in [2.05, 4.69) is 9.88 Å². The van der Waals surface area contributed by atoms with E-state index in [1.165, 1.54) is 0 Å². The number of piperidine rings is 1. The molecule has 1 aromatic heterocycles. The molecule has 0 spiro atoms. The van der Waals surface area contributed by atoms with E-state index in [4.69, 9.17) is 5.73 Å². The van der Waals surface area contributed by atoms with Crippen LogP contribution in [0.4, 0.5) is 11.5 Å². The highest BCUT2D eigenvalue weighted by Gasteiger charge is 2.25. The molecule has 1 aliphatic heterocycles. The van der Waals surface area contributed by atoms with Crippen molar-refractivity contribution >= 4 is 17.4 Å². The van der Waals surface area contributed by atoms with Crippen molar-refractivity contribution in [3.8, 4) is 0 Å². The van der Waals surface area contributed by atoms with Crippen LogP contribution < -0.4 is 10.6 Å². The zero-order valence-electron chi connectivity index (χ0n) is 12.4. The summed E-state index contributed by atoms with van der Waals surface area (Å²) in [6.45, 7) is 3.91. The Morgan fingerprint density at radius 3 is 2.70 bits per heavy atom. The molecule has 0 unspecified atom stereocenters. The van der Waals surface area contributed by atoms with Crippen molar-refractivity contribution in [1.82, 2.24) is 9.88 Å². The Labute approximate surface area is 120 Å². The maximum atomic E-state index is 11.9. The van der Waals surface area contributed by atoms with Gasteiger partial charge in [0, 0.05) is 32.6 Å². The lowest BCUT2D eigenvalue weighted by molar-refractivity contribution is -0.132. The van der Waals surface area contributed by atoms with Crippen LogP contribution in [0.5, 0.6) is 0 Å². The van der Waals surface area contributed by atoms with Gasteiger partial charge in [-0.15, -0.1) is 0 Å². The first-order valence-corrected chi connectivity index (χ1v) is 7.34. The van der Waals surface area contributed by atoms with Gasteiger partial charge in [0.15, 0.2) is 0 Å². The second-order valence-corrected chi connectivity index (χ2v) is 5.42. The van der Waals surface area contributed by atoms with Crippen LogP contribution in [0.3, 0.4) is 0 Å². The highest BCUT2D eigenvalue weighted by molar-refractivity contribution is 5.76. The van der Waals surface area contributed by atoms with E-state index in [-0.39, 0.29) is 5.91 Å². The Hall–Kier alpha value is -1.78. The average molecular weight is 276 g/mol. The van der Waals surface area contributed by atoms with Crippen LogP contribution in [0.1, 0.15) is 32.6 Å². The topological polar surface area (TPSA) is 62.5 Å². The molecule has 1 aliphatic rings. The van der Waals surface area contributed by atoms with Crippen LogP contribution in [0.2, 0.25) is 0 Å². The number of carbonyl (C=O) groups is 1. The number of aromatic nitrogens is 1. The van der Waals surface area contributed by atoms with E-state index in [1.54, 1.807) is 6.20 Å². The molecule has 2 heterocycles. The Morgan fingerprint density at radius 1 is 1.45 bits per heavy atom. The molecule has 2 rings (SSSR count). The van der Waals surface area contributed by atoms with Gasteiger partial charge in [0.2, 0.25) is 5.91 Å². The molecule has 0 aliphatic carbocycles. The summed E-state index contributed by atoms with van der Waals surface area (Å²) >= 11 is 0. The molecule has 0 atom stereocenters. The van der Waals surface area contributed by atoms with Crippen molar-refractivity contribution < 1.29 is 4.79 Å². The molecule has 2 N–H and O–H groups in total. The van der Waals surface area contributed by atoms with Crippen LogP contribution in [-0.4, -0.2) is 42.0 Å². The van der Waals surface area contributed by atoms with Crippen molar-refractivity contribution in [2.24, 2.45) is 0 Å². The van der Waals surface area contributed by atoms with Crippen LogP contribution in [0.25, 0.3) is 0 Å². The van der Waals surface area contributed by atoms with E-state index in [0.29, 0.717) is 18.2 Å². The zero-order valence-corrected chi connectivity index (χ0v) is 12.4. The van der Waals surface area contributed by atoms with Crippen molar-refractivity contribution in [2.75, 3.05) is 30.8 Å². The van der Waals surface area contributed by atoms with Crippen LogP contribution in [0, 0.1) is 0 Å². The summed E-state index contributed by atoms with van der Waals surface area (Å²) in [4.78, 5) is 20.5. The van der Waals surface area contributed by atoms with E-state index in [9.17, 15) is 4.79 Å². The molecular formula is C15H24N4O. The number of anilines is 2. The molecule has 20 heavy (non-hydrogen) atoms. The Kier molecular flexibility index (Phi) is 4.82. The largest absolute Gasteiger partial charge is 0.397 e. The molecule has 0 bridgehead atoms. The molecule has 1 aromatic rings. The predicted molar refractivity (Wildman–Crippen MR) is 81.6 cm³/mol. The quantitative estimate of drug-likeness (QED) is 0.912. The van der Waals surface area contributed by atoms with Crippen molar-refractivity contribution in [3.05, 3.63) is 18.3 Å². The number of hydrogen-bond donors (Lipinski definition) is 1. The number of nitrogens with zero attached hydrogens (tertiary/aromatic N) is 3. The van der Waals surface area contributed by atoms with Gasteiger partial charge in [0.25, 0.3) is 0 Å². The number of nitrogen functional groups attached to an aromatic ring is 1. The summed E-state index contributed by atoms with van der Waals surface area (Å²) in [6, 6.07) is 4.20. The van der Waals surface area contributed by atoms with Gasteiger partial charge >= 0.3 is 0 Å². The summed E-state index contributed by atoms with van der Waals surface area (Å²) in [6.07, 6.45) is 5.25. The normalized spacial score (nSPS) is 16.2. The average Bonchev–Trinajstić information content (AvgIpc) is 2.48. The van der Waals surface area contributed by atoms with E-state index in [1.807, 2.05) is 31.0 Å². The summed E-state index contributed by atoms with van der Waals surface area (Å²) in [5, 5.41) is 0. The van der Waals surface area contributed by atoms with Crippen molar-refractivity contribution in [1.29, 1.82) is 0 Å². The van der Waals surface area contributed by atoms with Gasteiger partial charge in [0.1, 0.15) is 5.82 Å². The molecule has 1 fully saturated rings. The third-order valence-electron chi connectivity index (χ3n) is 3.96. The van der Waals surface area contributed by atoms with Crippen LogP contribution >= 0.6 is 0 Å². The fourth-order valence-electron chi connectivity index (χ4n) is 2.66. The standard InChI is InChI=1S/C15H24N4O/c1-3-4-15(20)18(2)13-7-9-19(10-8-13)14-6-5-12(16)11-17-14/h5-6,11,13H,3-4,7-10,16H2,1-2H3. The van der Waals surface area contributed by atoms with Crippen LogP contribution in [0.15, 0.2) is 18.3 Å². The molecule has 5 heteroatoms. The lowest BCUT2D eigenvalue weighted by atomic mass is 10.0. The summed E-state index contributed by atoms with van der Waals surface area (Å²) in [7, 11) is 1.93. The first-order chi connectivity index (χ1) is 9.61. The zero-order chi connectivity index (χ0) is 14.5. The second kappa shape index (κ2) is 6.59. The predicted octanol–water partition coefficient (Wildman–Crippen LogP) is 1.89. The SMILES string of the molecule is CCCC(=O)N(C)C1CCN(c2ccc(N)cn2)CC1. The molecule has 110 valence electrons. The minimum absolute atomic E-state index is 0.261. The third-order valence-corrected chi connectivity index (χ3v) is 3.96. The van der Waals surface area contributed by atoms with Gasteiger partial charge in [-0.3, -0.25) is 4.79 Å². The third kappa shape index (κ3) is 3.40. The minimum atomic E-state index is 0.261. The fraction of sp³-hybridized carbons (Fsp3) is 0.600. The molecule has 0 saturated carbocycles. The number of pyridine rings is 1. The monoisotopic (exact) mass is 276 g/mol. The molecule has 1 amide bonds. The van der Waals surface area contributed by atoms with E-state index in [0.717, 1.165) is 38.2 Å². The number of rotatable bonds is 4. The minimum Gasteiger partial charge on any atom is -0.397 e. The molecule has 0 radical (unpaired) electrons. The van der Waals surface area contributed by atoms with Crippen molar-refractivity contribution in [3.63, 3.8) is 0 Å². The molecule has 5 nitrogen and oxygen atoms in total. The number of hydrogen-bond acceptors (Lipinski definition) is 4. The molecule has 1 saturated heterocycles. The highest BCUT2D eigenvalue weighted by Crippen LogP contribution is 2.21. The Bertz CT molecular complexity index is 438. The molecule has 0 aromatic carbocycles. The highest BCUT2D eigenvalue weighted by atomic mass is 16.2. The van der Waals surface area contributed by atoms with Gasteiger partial charge in [-0.1, -0.05) is 6.92 Å². The Morgan fingerprint density at radius 2 is 2.15 bits per heavy atom. The first-order valence-electron chi connectivity index (χ1n) is 7.34.